The second-order valence-corrected chi connectivity index (χ2v) is 10.3. The van der Waals surface area contributed by atoms with Crippen LogP contribution in [0.15, 0.2) is 47.4 Å². The van der Waals surface area contributed by atoms with Crippen LogP contribution in [-0.2, 0) is 27.8 Å². The van der Waals surface area contributed by atoms with E-state index in [4.69, 9.17) is 0 Å². The largest absolute Gasteiger partial charge is 0.471 e. The summed E-state index contributed by atoms with van der Waals surface area (Å²) in [5.41, 5.74) is 1.23. The van der Waals surface area contributed by atoms with E-state index in [0.717, 1.165) is 29.7 Å². The number of benzene rings is 1. The van der Waals surface area contributed by atoms with Gasteiger partial charge in [0, 0.05) is 26.2 Å². The predicted molar refractivity (Wildman–Crippen MR) is 109 cm³/mol. The van der Waals surface area contributed by atoms with Gasteiger partial charge < -0.3 is 4.90 Å². The molecule has 1 aromatic carbocycles. The number of hydrogen-bond acceptors (Lipinski definition) is 3. The molecule has 0 bridgehead atoms. The summed E-state index contributed by atoms with van der Waals surface area (Å²) in [6.45, 7) is 0.566. The molecular weight excluding hydrogens is 429 g/mol. The zero-order valence-corrected chi connectivity index (χ0v) is 17.8. The van der Waals surface area contributed by atoms with Gasteiger partial charge in [0.05, 0.1) is 4.90 Å². The standard InChI is InChI=1S/C22H25F3N2O3S/c23-22(24,25)21(28)26-11-8-17-6-7-20(14-19(17)15-26)31(29,30)27-12-9-18(10-13-27)16-4-2-1-3-5-16/h2-7,14,16,18H,1,8-13,15H2. The molecule has 0 atom stereocenters. The molecule has 0 saturated carbocycles. The summed E-state index contributed by atoms with van der Waals surface area (Å²) in [7, 11) is -3.74. The summed E-state index contributed by atoms with van der Waals surface area (Å²) in [5.74, 6) is -1.14. The third-order valence-corrected chi connectivity index (χ3v) is 8.28. The Hall–Kier alpha value is -2.13. The molecule has 0 radical (unpaired) electrons. The van der Waals surface area contributed by atoms with Crippen LogP contribution in [0, 0.1) is 11.8 Å². The molecule has 1 saturated heterocycles. The third-order valence-electron chi connectivity index (χ3n) is 6.39. The Kier molecular flexibility index (Phi) is 6.00. The Balaban J connectivity index is 1.47. The number of sulfonamides is 1. The van der Waals surface area contributed by atoms with Crippen LogP contribution >= 0.6 is 0 Å². The number of piperidine rings is 1. The van der Waals surface area contributed by atoms with Crippen molar-refractivity contribution in [2.24, 2.45) is 11.8 Å². The average Bonchev–Trinajstić information content (AvgIpc) is 2.78. The lowest BCUT2D eigenvalue weighted by Crippen LogP contribution is -2.43. The molecule has 1 aromatic rings. The van der Waals surface area contributed by atoms with Crippen molar-refractivity contribution in [3.8, 4) is 0 Å². The van der Waals surface area contributed by atoms with Crippen LogP contribution in [0.2, 0.25) is 0 Å². The highest BCUT2D eigenvalue weighted by molar-refractivity contribution is 7.89. The van der Waals surface area contributed by atoms with Crippen molar-refractivity contribution >= 4 is 15.9 Å². The van der Waals surface area contributed by atoms with Crippen LogP contribution in [0.1, 0.15) is 30.4 Å². The van der Waals surface area contributed by atoms with E-state index in [1.165, 1.54) is 16.4 Å². The molecule has 0 aromatic heterocycles. The quantitative estimate of drug-likeness (QED) is 0.655. The van der Waals surface area contributed by atoms with E-state index in [9.17, 15) is 26.4 Å². The topological polar surface area (TPSA) is 57.7 Å². The van der Waals surface area contributed by atoms with Crippen LogP contribution in [0.25, 0.3) is 0 Å². The Morgan fingerprint density at radius 1 is 1.00 bits per heavy atom. The Morgan fingerprint density at radius 3 is 2.32 bits per heavy atom. The molecule has 0 N–H and O–H groups in total. The SMILES string of the molecule is O=C(N1CCc2ccc(S(=O)(=O)N3CCC(C4C=CCC=C4)CC3)cc2C1)C(F)(F)F. The van der Waals surface area contributed by atoms with Crippen LogP contribution < -0.4 is 0 Å². The molecule has 1 aliphatic carbocycles. The number of carbonyl (C=O) groups is 1. The van der Waals surface area contributed by atoms with Crippen LogP contribution in [-0.4, -0.2) is 49.3 Å². The zero-order valence-electron chi connectivity index (χ0n) is 17.0. The van der Waals surface area contributed by atoms with Gasteiger partial charge in [0.15, 0.2) is 0 Å². The smallest absolute Gasteiger partial charge is 0.330 e. The van der Waals surface area contributed by atoms with E-state index < -0.39 is 22.1 Å². The predicted octanol–water partition coefficient (Wildman–Crippen LogP) is 3.67. The summed E-state index contributed by atoms with van der Waals surface area (Å²) < 4.78 is 66.2. The minimum atomic E-state index is -4.94. The Labute approximate surface area is 180 Å². The summed E-state index contributed by atoms with van der Waals surface area (Å²) in [6.07, 6.45) is 6.43. The maximum Gasteiger partial charge on any atom is 0.471 e. The molecule has 1 amide bonds. The summed E-state index contributed by atoms with van der Waals surface area (Å²) in [4.78, 5) is 12.4. The molecule has 5 nitrogen and oxygen atoms in total. The van der Waals surface area contributed by atoms with E-state index in [0.29, 0.717) is 30.5 Å². The van der Waals surface area contributed by atoms with Gasteiger partial charge in [-0.1, -0.05) is 30.4 Å². The molecule has 4 rings (SSSR count). The number of amides is 1. The number of halogens is 3. The third kappa shape index (κ3) is 4.57. The average molecular weight is 455 g/mol. The highest BCUT2D eigenvalue weighted by Crippen LogP contribution is 2.32. The molecular formula is C22H25F3N2O3S. The summed E-state index contributed by atoms with van der Waals surface area (Å²) in [5, 5.41) is 0. The first-order valence-electron chi connectivity index (χ1n) is 10.5. The van der Waals surface area contributed by atoms with E-state index in [2.05, 4.69) is 24.3 Å². The fourth-order valence-corrected chi connectivity index (χ4v) is 6.15. The van der Waals surface area contributed by atoms with Gasteiger partial charge in [0.1, 0.15) is 0 Å². The number of rotatable bonds is 3. The van der Waals surface area contributed by atoms with Crippen LogP contribution in [0.5, 0.6) is 0 Å². The van der Waals surface area contributed by atoms with Crippen molar-refractivity contribution < 1.29 is 26.4 Å². The van der Waals surface area contributed by atoms with E-state index in [1.54, 1.807) is 6.07 Å². The Bertz CT molecular complexity index is 997. The van der Waals surface area contributed by atoms with Gasteiger partial charge in [-0.15, -0.1) is 0 Å². The van der Waals surface area contributed by atoms with Gasteiger partial charge in [0.2, 0.25) is 10.0 Å². The fraction of sp³-hybridized carbons (Fsp3) is 0.500. The minimum absolute atomic E-state index is 0.0327. The van der Waals surface area contributed by atoms with Crippen molar-refractivity contribution in [3.63, 3.8) is 0 Å². The minimum Gasteiger partial charge on any atom is -0.330 e. The van der Waals surface area contributed by atoms with Crippen molar-refractivity contribution in [3.05, 3.63) is 53.6 Å². The second kappa shape index (κ2) is 8.43. The normalized spacial score (nSPS) is 21.3. The second-order valence-electron chi connectivity index (χ2n) is 8.32. The van der Waals surface area contributed by atoms with E-state index in [-0.39, 0.29) is 24.4 Å². The van der Waals surface area contributed by atoms with E-state index >= 15 is 0 Å². The molecule has 31 heavy (non-hydrogen) atoms. The summed E-state index contributed by atoms with van der Waals surface area (Å²) >= 11 is 0. The molecule has 9 heteroatoms. The highest BCUT2D eigenvalue weighted by atomic mass is 32.2. The highest BCUT2D eigenvalue weighted by Gasteiger charge is 2.43. The molecule has 0 unspecified atom stereocenters. The molecule has 1 fully saturated rings. The van der Waals surface area contributed by atoms with Gasteiger partial charge in [-0.2, -0.15) is 17.5 Å². The first-order chi connectivity index (χ1) is 14.7. The molecule has 2 aliphatic heterocycles. The first kappa shape index (κ1) is 22.1. The van der Waals surface area contributed by atoms with Gasteiger partial charge in [0.25, 0.3) is 0 Å². The van der Waals surface area contributed by atoms with Gasteiger partial charge in [-0.05, 0) is 60.8 Å². The lowest BCUT2D eigenvalue weighted by molar-refractivity contribution is -0.186. The van der Waals surface area contributed by atoms with Crippen LogP contribution in [0.3, 0.4) is 0 Å². The molecule has 3 aliphatic rings. The number of fused-ring (bicyclic) bond motifs is 1. The van der Waals surface area contributed by atoms with Crippen molar-refractivity contribution in [1.29, 1.82) is 0 Å². The Morgan fingerprint density at radius 2 is 1.68 bits per heavy atom. The maximum absolute atomic E-state index is 13.2. The fourth-order valence-electron chi connectivity index (χ4n) is 4.63. The molecule has 2 heterocycles. The molecule has 168 valence electrons. The maximum atomic E-state index is 13.2. The number of alkyl halides is 3. The number of allylic oxidation sites excluding steroid dienone is 4. The van der Waals surface area contributed by atoms with E-state index in [1.807, 2.05) is 0 Å². The van der Waals surface area contributed by atoms with Crippen LogP contribution in [0.4, 0.5) is 13.2 Å². The van der Waals surface area contributed by atoms with Gasteiger partial charge in [-0.25, -0.2) is 8.42 Å². The zero-order chi connectivity index (χ0) is 22.2. The summed E-state index contributed by atoms with van der Waals surface area (Å²) in [6, 6.07) is 4.61. The monoisotopic (exact) mass is 454 g/mol. The van der Waals surface area contributed by atoms with Crippen molar-refractivity contribution in [2.75, 3.05) is 19.6 Å². The lowest BCUT2D eigenvalue weighted by atomic mass is 9.83. The first-order valence-corrected chi connectivity index (χ1v) is 11.9. The lowest BCUT2D eigenvalue weighted by Gasteiger charge is -2.34. The number of hydrogen-bond donors (Lipinski definition) is 0. The van der Waals surface area contributed by atoms with Crippen molar-refractivity contribution in [1.82, 2.24) is 9.21 Å². The number of carbonyl (C=O) groups excluding carboxylic acids is 1. The number of nitrogens with zero attached hydrogens (tertiary/aromatic N) is 2. The molecule has 0 spiro atoms. The van der Waals surface area contributed by atoms with Gasteiger partial charge in [-0.3, -0.25) is 4.79 Å². The van der Waals surface area contributed by atoms with Crippen molar-refractivity contribution in [2.45, 2.75) is 43.3 Å². The van der Waals surface area contributed by atoms with Gasteiger partial charge >= 0.3 is 12.1 Å².